The molecule has 0 saturated carbocycles. The first-order chi connectivity index (χ1) is 11.8. The summed E-state index contributed by atoms with van der Waals surface area (Å²) in [5.74, 6) is 0.0643. The Hall–Kier alpha value is -2.18. The number of ether oxygens (including phenoxy) is 2. The Balaban J connectivity index is 1.51. The molecule has 0 aliphatic carbocycles. The topological polar surface area (TPSA) is 56.6 Å². The van der Waals surface area contributed by atoms with Gasteiger partial charge in [0.15, 0.2) is 0 Å². The average Bonchev–Trinajstić information content (AvgIpc) is 3.28. The van der Waals surface area contributed by atoms with Crippen LogP contribution in [0.3, 0.4) is 0 Å². The van der Waals surface area contributed by atoms with Crippen LogP contribution < -0.4 is 0 Å². The molecule has 6 nitrogen and oxygen atoms in total. The molecule has 1 aromatic heterocycles. The summed E-state index contributed by atoms with van der Waals surface area (Å²) in [5.41, 5.74) is 1.55. The van der Waals surface area contributed by atoms with E-state index in [1.807, 2.05) is 46.1 Å². The van der Waals surface area contributed by atoms with Gasteiger partial charge in [0.25, 0.3) is 5.91 Å². The molecule has 1 unspecified atom stereocenters. The molecule has 0 N–H and O–H groups in total. The molecule has 2 saturated heterocycles. The number of hydrogen-bond acceptors (Lipinski definition) is 4. The highest BCUT2D eigenvalue weighted by Crippen LogP contribution is 2.30. The molecule has 126 valence electrons. The third kappa shape index (κ3) is 2.83. The van der Waals surface area contributed by atoms with Crippen molar-refractivity contribution >= 4 is 5.91 Å². The zero-order valence-electron chi connectivity index (χ0n) is 13.6. The molecular formula is C18H21N3O3. The van der Waals surface area contributed by atoms with E-state index in [0.29, 0.717) is 45.1 Å². The summed E-state index contributed by atoms with van der Waals surface area (Å²) < 4.78 is 13.0. The molecular weight excluding hydrogens is 306 g/mol. The van der Waals surface area contributed by atoms with Crippen LogP contribution in [0.4, 0.5) is 0 Å². The first-order valence-electron chi connectivity index (χ1n) is 8.31. The molecule has 1 spiro atoms. The summed E-state index contributed by atoms with van der Waals surface area (Å²) in [4.78, 5) is 14.9. The highest BCUT2D eigenvalue weighted by molar-refractivity contribution is 5.95. The van der Waals surface area contributed by atoms with Gasteiger partial charge in [0.1, 0.15) is 0 Å². The second-order valence-corrected chi connectivity index (χ2v) is 6.44. The van der Waals surface area contributed by atoms with Crippen LogP contribution in [0.2, 0.25) is 0 Å². The molecule has 2 fully saturated rings. The minimum atomic E-state index is -0.289. The maximum atomic E-state index is 13.0. The van der Waals surface area contributed by atoms with E-state index in [1.54, 1.807) is 6.20 Å². The van der Waals surface area contributed by atoms with Crippen molar-refractivity contribution in [2.45, 2.75) is 18.5 Å². The molecule has 0 radical (unpaired) electrons. The first kappa shape index (κ1) is 15.4. The smallest absolute Gasteiger partial charge is 0.254 e. The number of nitrogens with zero attached hydrogens (tertiary/aromatic N) is 3. The van der Waals surface area contributed by atoms with Crippen LogP contribution in [0.25, 0.3) is 0 Å². The van der Waals surface area contributed by atoms with Crippen molar-refractivity contribution in [2.24, 2.45) is 0 Å². The predicted molar refractivity (Wildman–Crippen MR) is 87.8 cm³/mol. The minimum Gasteiger partial charge on any atom is -0.379 e. The van der Waals surface area contributed by atoms with Gasteiger partial charge >= 0.3 is 0 Å². The quantitative estimate of drug-likeness (QED) is 0.858. The van der Waals surface area contributed by atoms with Crippen LogP contribution in [-0.2, 0) is 16.0 Å². The van der Waals surface area contributed by atoms with Gasteiger partial charge in [-0.05, 0) is 30.2 Å². The second-order valence-electron chi connectivity index (χ2n) is 6.44. The number of rotatable bonds is 3. The van der Waals surface area contributed by atoms with Gasteiger partial charge in [-0.25, -0.2) is 0 Å². The van der Waals surface area contributed by atoms with Gasteiger partial charge in [-0.1, -0.05) is 12.1 Å². The average molecular weight is 327 g/mol. The summed E-state index contributed by atoms with van der Waals surface area (Å²) in [6, 6.07) is 9.69. The molecule has 2 aliphatic rings. The molecule has 0 bridgehead atoms. The van der Waals surface area contributed by atoms with Crippen LogP contribution in [0.1, 0.15) is 22.3 Å². The molecule has 4 rings (SSSR count). The molecule has 1 aromatic carbocycles. The molecule has 24 heavy (non-hydrogen) atoms. The number of carbonyl (C=O) groups is 1. The monoisotopic (exact) mass is 327 g/mol. The number of benzene rings is 1. The summed E-state index contributed by atoms with van der Waals surface area (Å²) in [7, 11) is 0. The van der Waals surface area contributed by atoms with Crippen molar-refractivity contribution in [1.29, 1.82) is 0 Å². The van der Waals surface area contributed by atoms with Crippen LogP contribution >= 0.6 is 0 Å². The molecule has 2 aromatic rings. The van der Waals surface area contributed by atoms with E-state index in [2.05, 4.69) is 5.10 Å². The van der Waals surface area contributed by atoms with Crippen LogP contribution in [0.5, 0.6) is 0 Å². The summed E-state index contributed by atoms with van der Waals surface area (Å²) in [5, 5.41) is 4.20. The fourth-order valence-corrected chi connectivity index (χ4v) is 3.46. The van der Waals surface area contributed by atoms with Crippen LogP contribution in [-0.4, -0.2) is 59.1 Å². The van der Waals surface area contributed by atoms with Gasteiger partial charge in [0, 0.05) is 31.1 Å². The number of carbonyl (C=O) groups excluding carboxylic acids is 1. The van der Waals surface area contributed by atoms with E-state index in [4.69, 9.17) is 9.47 Å². The van der Waals surface area contributed by atoms with Gasteiger partial charge in [-0.3, -0.25) is 9.48 Å². The van der Waals surface area contributed by atoms with Crippen LogP contribution in [0, 0.1) is 0 Å². The Labute approximate surface area is 141 Å². The zero-order valence-corrected chi connectivity index (χ0v) is 13.6. The lowest BCUT2D eigenvalue weighted by Gasteiger charge is -2.43. The second kappa shape index (κ2) is 6.37. The Kier molecular flexibility index (Phi) is 4.08. The molecule has 6 heteroatoms. The lowest BCUT2D eigenvalue weighted by Crippen LogP contribution is -2.59. The van der Waals surface area contributed by atoms with Gasteiger partial charge in [-0.2, -0.15) is 5.10 Å². The SMILES string of the molecule is O=C(c1ccc(Cn2cccn2)cc1)N1CCOCC12CCOC2. The third-order valence-electron chi connectivity index (χ3n) is 4.83. The fraction of sp³-hybridized carbons (Fsp3) is 0.444. The van der Waals surface area contributed by atoms with E-state index < -0.39 is 0 Å². The van der Waals surface area contributed by atoms with Gasteiger partial charge in [0.2, 0.25) is 0 Å². The van der Waals surface area contributed by atoms with Crippen molar-refractivity contribution in [2.75, 3.05) is 33.0 Å². The largest absolute Gasteiger partial charge is 0.379 e. The van der Waals surface area contributed by atoms with Crippen molar-refractivity contribution in [3.8, 4) is 0 Å². The van der Waals surface area contributed by atoms with Crippen LogP contribution in [0.15, 0.2) is 42.7 Å². The predicted octanol–water partition coefficient (Wildman–Crippen LogP) is 1.56. The first-order valence-corrected chi connectivity index (χ1v) is 8.31. The third-order valence-corrected chi connectivity index (χ3v) is 4.83. The van der Waals surface area contributed by atoms with E-state index >= 15 is 0 Å². The van der Waals surface area contributed by atoms with Gasteiger partial charge in [-0.15, -0.1) is 0 Å². The van der Waals surface area contributed by atoms with E-state index in [-0.39, 0.29) is 11.4 Å². The summed E-state index contributed by atoms with van der Waals surface area (Å²) in [6.07, 6.45) is 4.53. The standard InChI is InChI=1S/C18H21N3O3/c22-17(21-9-11-24-14-18(21)6-10-23-13-18)16-4-2-15(3-5-16)12-20-8-1-7-19-20/h1-5,7-8H,6,9-14H2. The Bertz CT molecular complexity index is 691. The number of amides is 1. The summed E-state index contributed by atoms with van der Waals surface area (Å²) in [6.45, 7) is 3.74. The lowest BCUT2D eigenvalue weighted by molar-refractivity contribution is -0.0551. The highest BCUT2D eigenvalue weighted by atomic mass is 16.5. The normalized spacial score (nSPS) is 23.8. The van der Waals surface area contributed by atoms with E-state index in [9.17, 15) is 4.79 Å². The lowest BCUT2D eigenvalue weighted by atomic mass is 9.94. The Morgan fingerprint density at radius 1 is 1.17 bits per heavy atom. The van der Waals surface area contributed by atoms with E-state index in [1.165, 1.54) is 0 Å². The van der Waals surface area contributed by atoms with Crippen molar-refractivity contribution in [3.63, 3.8) is 0 Å². The molecule has 1 atom stereocenters. The number of morpholine rings is 1. The zero-order chi connectivity index (χ0) is 16.4. The molecule has 1 amide bonds. The van der Waals surface area contributed by atoms with Crippen molar-refractivity contribution in [3.05, 3.63) is 53.9 Å². The fourth-order valence-electron chi connectivity index (χ4n) is 3.46. The molecule has 2 aliphatic heterocycles. The van der Waals surface area contributed by atoms with Gasteiger partial charge in [0.05, 0.1) is 31.9 Å². The number of aromatic nitrogens is 2. The van der Waals surface area contributed by atoms with Crippen molar-refractivity contribution in [1.82, 2.24) is 14.7 Å². The van der Waals surface area contributed by atoms with E-state index in [0.717, 1.165) is 12.0 Å². The Morgan fingerprint density at radius 2 is 1.96 bits per heavy atom. The van der Waals surface area contributed by atoms with Crippen molar-refractivity contribution < 1.29 is 14.3 Å². The maximum Gasteiger partial charge on any atom is 0.254 e. The Morgan fingerprint density at radius 3 is 2.67 bits per heavy atom. The highest BCUT2D eigenvalue weighted by Gasteiger charge is 2.45. The number of hydrogen-bond donors (Lipinski definition) is 0. The minimum absolute atomic E-state index is 0.0643. The summed E-state index contributed by atoms with van der Waals surface area (Å²) >= 11 is 0. The molecule has 3 heterocycles. The van der Waals surface area contributed by atoms with Gasteiger partial charge < -0.3 is 14.4 Å². The maximum absolute atomic E-state index is 13.0.